The number of hydrogen-bond donors (Lipinski definition) is 1. The summed E-state index contributed by atoms with van der Waals surface area (Å²) in [6.07, 6.45) is -32.6. The molecule has 0 bridgehead atoms. The Hall–Kier alpha value is -1.07. The second kappa shape index (κ2) is 8.35. The van der Waals surface area contributed by atoms with Crippen LogP contribution in [-0.4, -0.2) is 73.5 Å². The molecule has 0 aliphatic heterocycles. The van der Waals surface area contributed by atoms with Gasteiger partial charge in [0.15, 0.2) is 30.9 Å². The molecule has 3 nitrogen and oxygen atoms in total. The molecule has 0 fully saturated rings. The van der Waals surface area contributed by atoms with Gasteiger partial charge in [-0.2, -0.15) is 34.8 Å². The maximum atomic E-state index is 13.2. The summed E-state index contributed by atoms with van der Waals surface area (Å²) in [7, 11) is -7.39. The molecule has 0 saturated heterocycles. The molecule has 0 saturated carbocycles. The maximum Gasteiger partial charge on any atom is 0.438 e. The van der Waals surface area contributed by atoms with Crippen LogP contribution in [0, 0.1) is 0 Å². The van der Waals surface area contributed by atoms with Gasteiger partial charge in [-0.25, -0.2) is 35.1 Å². The zero-order valence-electron chi connectivity index (χ0n) is 12.5. The predicted octanol–water partition coefficient (Wildman–Crippen LogP) is 4.03. The van der Waals surface area contributed by atoms with E-state index in [2.05, 4.69) is 0 Å². The highest BCUT2D eigenvalue weighted by Gasteiger charge is 2.80. The van der Waals surface area contributed by atoms with E-state index in [1.54, 1.807) is 0 Å². The fourth-order valence-corrected chi connectivity index (χ4v) is 2.02. The summed E-state index contributed by atoms with van der Waals surface area (Å²) in [4.78, 5) is 0. The number of halogens is 14. The van der Waals surface area contributed by atoms with Crippen LogP contribution < -0.4 is 0 Å². The van der Waals surface area contributed by atoms with Gasteiger partial charge in [-0.05, 0) is 0 Å². The van der Waals surface area contributed by atoms with Gasteiger partial charge in [-0.15, -0.1) is 0 Å². The molecular weight excluding hydrogens is 466 g/mol. The fourth-order valence-electron chi connectivity index (χ4n) is 1.56. The predicted molar refractivity (Wildman–Crippen MR) is 61.8 cm³/mol. The van der Waals surface area contributed by atoms with Gasteiger partial charge in [0, 0.05) is 0 Å². The first-order valence-electron chi connectivity index (χ1n) is 6.39. The van der Waals surface area contributed by atoms with Crippen LogP contribution in [0.3, 0.4) is 0 Å². The van der Waals surface area contributed by atoms with Gasteiger partial charge in [0.25, 0.3) is 6.43 Å². The van der Waals surface area contributed by atoms with Crippen LogP contribution in [0.15, 0.2) is 0 Å². The van der Waals surface area contributed by atoms with E-state index < -0.39 is 70.7 Å². The van der Waals surface area contributed by atoms with Crippen molar-refractivity contribution in [3.8, 4) is 0 Å². The van der Waals surface area contributed by atoms with E-state index in [0.717, 1.165) is 0 Å². The molecule has 170 valence electrons. The summed E-state index contributed by atoms with van der Waals surface area (Å²) in [5.74, 6) is -14.6. The third kappa shape index (κ3) is 4.56. The number of rotatable bonds is 10. The van der Waals surface area contributed by atoms with Crippen LogP contribution in [0.25, 0.3) is 0 Å². The highest BCUT2D eigenvalue weighted by Crippen LogP contribution is 2.51. The fraction of sp³-hybridized carbons (Fsp3) is 1.00. The van der Waals surface area contributed by atoms with Crippen molar-refractivity contribution in [1.29, 1.82) is 0 Å². The Labute approximate surface area is 146 Å². The van der Waals surface area contributed by atoms with E-state index in [-0.39, 0.29) is 0 Å². The second-order valence-electron chi connectivity index (χ2n) is 5.15. The van der Waals surface area contributed by atoms with E-state index in [4.69, 9.17) is 4.55 Å². The van der Waals surface area contributed by atoms with Crippen molar-refractivity contribution < 1.29 is 74.4 Å². The van der Waals surface area contributed by atoms with Gasteiger partial charge < -0.3 is 0 Å². The first-order chi connectivity index (χ1) is 12.2. The van der Waals surface area contributed by atoms with Gasteiger partial charge in [0.2, 0.25) is 6.17 Å². The minimum Gasteiger partial charge on any atom is -0.281 e. The maximum absolute atomic E-state index is 13.2. The average molecular weight is 474 g/mol. The molecule has 0 aromatic rings. The molecule has 6 atom stereocenters. The third-order valence-electron chi connectivity index (χ3n) is 3.19. The van der Waals surface area contributed by atoms with Crippen molar-refractivity contribution in [2.24, 2.45) is 0 Å². The van der Waals surface area contributed by atoms with Gasteiger partial charge in [-0.3, -0.25) is 4.55 Å². The van der Waals surface area contributed by atoms with Gasteiger partial charge >= 0.3 is 27.2 Å². The van der Waals surface area contributed by atoms with E-state index in [9.17, 15) is 69.9 Å². The first kappa shape index (κ1) is 26.9. The minimum atomic E-state index is -7.47. The lowest BCUT2D eigenvalue weighted by molar-refractivity contribution is -0.307. The SMILES string of the molecule is O=S(=O)(O)C(F)(F)C(F)(F)C(F)(F)C(F)C(F)C(F)C(F)C(F)C(F)C(F)F. The van der Waals surface area contributed by atoms with Gasteiger partial charge in [-0.1, -0.05) is 0 Å². The molecule has 0 aliphatic rings. The molecule has 18 heteroatoms. The van der Waals surface area contributed by atoms with Crippen LogP contribution in [0.5, 0.6) is 0 Å². The van der Waals surface area contributed by atoms with Crippen molar-refractivity contribution >= 4 is 10.1 Å². The largest absolute Gasteiger partial charge is 0.438 e. The quantitative estimate of drug-likeness (QED) is 0.385. The molecule has 0 aromatic heterocycles. The molecule has 6 unspecified atom stereocenters. The Kier molecular flexibility index (Phi) is 8.03. The monoisotopic (exact) mass is 474 g/mol. The van der Waals surface area contributed by atoms with Crippen LogP contribution in [-0.2, 0) is 10.1 Å². The summed E-state index contributed by atoms with van der Waals surface area (Å²) >= 11 is 0. The minimum absolute atomic E-state index is 4.19. The van der Waals surface area contributed by atoms with Crippen LogP contribution in [0.4, 0.5) is 61.5 Å². The van der Waals surface area contributed by atoms with Gasteiger partial charge in [0.05, 0.1) is 0 Å². The average Bonchev–Trinajstić information content (AvgIpc) is 2.55. The van der Waals surface area contributed by atoms with Crippen LogP contribution in [0.2, 0.25) is 0 Å². The smallest absolute Gasteiger partial charge is 0.281 e. The lowest BCUT2D eigenvalue weighted by atomic mass is 9.96. The molecule has 0 aliphatic carbocycles. The van der Waals surface area contributed by atoms with Crippen molar-refractivity contribution in [3.05, 3.63) is 0 Å². The van der Waals surface area contributed by atoms with E-state index in [0.29, 0.717) is 0 Å². The van der Waals surface area contributed by atoms with Gasteiger partial charge in [0.1, 0.15) is 0 Å². The topological polar surface area (TPSA) is 54.4 Å². The third-order valence-corrected chi connectivity index (χ3v) is 4.10. The lowest BCUT2D eigenvalue weighted by Crippen LogP contribution is -2.63. The second-order valence-corrected chi connectivity index (χ2v) is 6.61. The molecule has 0 radical (unpaired) electrons. The highest BCUT2D eigenvalue weighted by atomic mass is 32.2. The summed E-state index contributed by atoms with van der Waals surface area (Å²) < 4.78 is 208. The molecule has 0 amide bonds. The normalized spacial score (nSPS) is 21.1. The Morgan fingerprint density at radius 2 is 0.929 bits per heavy atom. The Morgan fingerprint density at radius 1 is 0.607 bits per heavy atom. The number of hydrogen-bond acceptors (Lipinski definition) is 2. The highest BCUT2D eigenvalue weighted by molar-refractivity contribution is 7.87. The zero-order chi connectivity index (χ0) is 23.0. The molecule has 0 aromatic carbocycles. The van der Waals surface area contributed by atoms with Crippen LogP contribution >= 0.6 is 0 Å². The summed E-state index contributed by atoms with van der Waals surface area (Å²) in [6, 6.07) is 0. The summed E-state index contributed by atoms with van der Waals surface area (Å²) in [5.41, 5.74) is 0. The van der Waals surface area contributed by atoms with Crippen LogP contribution in [0.1, 0.15) is 0 Å². The molecule has 1 N–H and O–H groups in total. The van der Waals surface area contributed by atoms with Crippen molar-refractivity contribution in [1.82, 2.24) is 0 Å². The summed E-state index contributed by atoms with van der Waals surface area (Å²) in [6.45, 7) is 0. The Bertz CT molecular complexity index is 625. The molecule has 0 rings (SSSR count). The zero-order valence-corrected chi connectivity index (χ0v) is 13.3. The van der Waals surface area contributed by atoms with Crippen molar-refractivity contribution in [2.45, 2.75) is 60.6 Å². The molecule has 0 heterocycles. The molecular formula is C10H8F14O3S. The van der Waals surface area contributed by atoms with Crippen molar-refractivity contribution in [3.63, 3.8) is 0 Å². The summed E-state index contributed by atoms with van der Waals surface area (Å²) in [5, 5.41) is -7.17. The van der Waals surface area contributed by atoms with E-state index >= 15 is 0 Å². The Morgan fingerprint density at radius 3 is 1.25 bits per heavy atom. The molecule has 0 spiro atoms. The standard InChI is InChI=1S/C10H8F14O3S/c11-1(3(13)5(15)7(17)18)2(12)4(14)6(16)8(19,20)9(21,22)10(23,24)28(25,26)27/h1-7H,(H,25,26,27). The van der Waals surface area contributed by atoms with Crippen molar-refractivity contribution in [2.75, 3.05) is 0 Å². The number of alkyl halides is 14. The van der Waals surface area contributed by atoms with E-state index in [1.165, 1.54) is 0 Å². The first-order valence-corrected chi connectivity index (χ1v) is 7.83. The lowest BCUT2D eigenvalue weighted by Gasteiger charge is -2.34. The molecule has 28 heavy (non-hydrogen) atoms. The van der Waals surface area contributed by atoms with E-state index in [1.807, 2.05) is 0 Å². The Balaban J connectivity index is 5.78.